The number of primary amides is 1. The van der Waals surface area contributed by atoms with E-state index in [2.05, 4.69) is 50.7 Å². The number of nitriles is 1. The molecule has 8 heterocycles. The van der Waals surface area contributed by atoms with Gasteiger partial charge in [0.2, 0.25) is 47.9 Å². The predicted octanol–water partition coefficient (Wildman–Crippen LogP) is 12.7. The molecule has 0 atom stereocenters. The SMILES string of the molecule is C#CC1=NC([N+](=O)[O-])=C(CC)C1.CCC1=C([N+](=O)[O-])N=C(C#N)C1.CCC1=C([N+](=O)[O-])N=C(C(F)(F)F)C1.CCC1=C([N+](=O)[O-])N=C(C)C1.CCC1=C([N+](=O)[O-])N=C(OC)C1.CCC1=C([N+](=O)[O-])N=CC1.CCC1=CC=C([N+](=O)[O-])C1.CCc1c([N+](=O)[O-])ncn1CCC(N)=O.[C-]#[N+]CCn1cnc([N+](=O)[O-])c1CC. The van der Waals surface area contributed by atoms with Crippen molar-refractivity contribution in [3.63, 3.8) is 0 Å². The molecular weight excluding hydrogens is 1470 g/mol. The fourth-order valence-electron chi connectivity index (χ4n) is 9.89. The molecule has 0 fully saturated rings. The molecule has 9 rings (SSSR count). The molecule has 42 nitrogen and oxygen atoms in total. The zero-order chi connectivity index (χ0) is 83.9. The second kappa shape index (κ2) is 47.2. The number of nitrogens with two attached hydrogens (primary N) is 1. The lowest BCUT2D eigenvalue weighted by Crippen LogP contribution is -2.21. The summed E-state index contributed by atoms with van der Waals surface area (Å²) in [6.07, 6.45) is 16.6. The average molecular weight is 1550 g/mol. The number of ether oxygens (including phenoxy) is 1. The highest BCUT2D eigenvalue weighted by Gasteiger charge is 2.45. The van der Waals surface area contributed by atoms with Crippen molar-refractivity contribution < 1.29 is 67.0 Å². The van der Waals surface area contributed by atoms with Crippen molar-refractivity contribution in [1.29, 1.82) is 5.26 Å². The van der Waals surface area contributed by atoms with Gasteiger partial charge in [-0.2, -0.15) is 18.4 Å². The number of terminal acetylenes is 1. The molecule has 0 bridgehead atoms. The number of nitrogens with zero attached hydrogens (tertiary/aromatic N) is 21. The van der Waals surface area contributed by atoms with E-state index in [4.69, 9.17) is 28.7 Å². The van der Waals surface area contributed by atoms with Crippen LogP contribution in [-0.4, -0.2) is 124 Å². The Hall–Kier alpha value is -13.4. The van der Waals surface area contributed by atoms with Crippen LogP contribution in [0.3, 0.4) is 0 Å². The molecular formula is C65H81F3N22O20. The number of hydrogen-bond acceptors (Lipinski definition) is 29. The van der Waals surface area contributed by atoms with Crippen LogP contribution >= 0.6 is 0 Å². The zero-order valence-electron chi connectivity index (χ0n) is 61.9. The molecule has 0 radical (unpaired) electrons. The minimum atomic E-state index is -4.57. The molecule has 2 aromatic rings. The van der Waals surface area contributed by atoms with E-state index in [1.807, 2.05) is 67.5 Å². The van der Waals surface area contributed by atoms with Crippen molar-refractivity contribution in [1.82, 2.24) is 19.1 Å². The monoisotopic (exact) mass is 1550 g/mol. The Morgan fingerprint density at radius 1 is 0.555 bits per heavy atom. The normalized spacial score (nSPS) is 14.8. The Morgan fingerprint density at radius 2 is 0.973 bits per heavy atom. The Kier molecular flexibility index (Phi) is 40.6. The highest BCUT2D eigenvalue weighted by Crippen LogP contribution is 2.32. The molecule has 1 amide bonds. The van der Waals surface area contributed by atoms with Gasteiger partial charge in [0, 0.05) is 71.7 Å². The molecule has 0 aromatic carbocycles. The first kappa shape index (κ1) is 94.6. The smallest absolute Gasteiger partial charge is 0.454 e. The number of carbonyl (C=O) groups is 1. The third-order valence-electron chi connectivity index (χ3n) is 15.7. The van der Waals surface area contributed by atoms with E-state index in [-0.39, 0.29) is 69.8 Å². The number of methoxy groups -OCH3 is 1. The van der Waals surface area contributed by atoms with Gasteiger partial charge in [-0.05, 0) is 145 Å². The van der Waals surface area contributed by atoms with Gasteiger partial charge in [0.25, 0.3) is 0 Å². The van der Waals surface area contributed by atoms with E-state index < -0.39 is 69.4 Å². The van der Waals surface area contributed by atoms with E-state index in [0.717, 1.165) is 47.3 Å². The number of aromatic nitrogens is 4. The maximum absolute atomic E-state index is 12.1. The van der Waals surface area contributed by atoms with E-state index >= 15 is 0 Å². The fourth-order valence-corrected chi connectivity index (χ4v) is 9.89. The largest absolute Gasteiger partial charge is 0.466 e. The number of allylic oxidation sites excluding steroid dienone is 8. The Labute approximate surface area is 625 Å². The van der Waals surface area contributed by atoms with Crippen LogP contribution in [0, 0.1) is 121 Å². The topological polar surface area (TPSA) is 579 Å². The fraction of sp³-hybridized carbons (Fsp3) is 0.492. The first-order valence-electron chi connectivity index (χ1n) is 33.4. The standard InChI is InChI=1S/C8H12N4O3.C8H10N4O2.C8H8N2O2.C7H7F3N2O2.C7H7N3O2.C7H10N2O3.C7H10N2O2.C7H9NO2.C6H8N2O2/c1-2-6-8(12(14)15)10-5-11(6)4-3-7(9)13;1-3-7-8(12(13)14)10-6-11(7)5-4-9-2;1-3-6-5-7(4-2)9-8(6)10(11)12;1-2-4-3-5(7(8,9)10)11-6(4)12(13)14;1-2-5-3-6(4-8)9-7(5)10(11)12;1-3-5-4-6(12-2)8-7(5)9(10)11;1-3-6-4-5(2)8-7(6)9(10)11;1-2-6-3-4-7(5-6)8(9)10;1-2-5-3-4-7-6(5)8(9)10/h5H,2-4H2,1H3,(H2,9,13);6H,3-5H2,1H3;2H,3,5H2,1H3;2-3H2,1H3;2-3H2,1H3;3-4H2,1-2H3;3-4H2,1-2H3;3-4H,2,5H2,1H3;4H,2-3H2,1H3. The van der Waals surface area contributed by atoms with Gasteiger partial charge in [-0.1, -0.05) is 79.0 Å². The first-order chi connectivity index (χ1) is 51.8. The van der Waals surface area contributed by atoms with Crippen LogP contribution in [0.25, 0.3) is 4.85 Å². The van der Waals surface area contributed by atoms with Gasteiger partial charge >= 0.3 is 58.6 Å². The Bertz CT molecular complexity index is 4380. The van der Waals surface area contributed by atoms with Crippen LogP contribution in [0.15, 0.2) is 134 Å². The van der Waals surface area contributed by atoms with Gasteiger partial charge in [-0.25, -0.2) is 6.57 Å². The summed E-state index contributed by atoms with van der Waals surface area (Å²) in [4.78, 5) is 131. The summed E-state index contributed by atoms with van der Waals surface area (Å²) >= 11 is 0. The molecule has 1 aliphatic carbocycles. The number of amides is 1. The summed E-state index contributed by atoms with van der Waals surface area (Å²) in [6, 6.07) is 1.82. The van der Waals surface area contributed by atoms with Crippen LogP contribution in [-0.2, 0) is 35.5 Å². The van der Waals surface area contributed by atoms with E-state index in [1.165, 1.54) is 19.8 Å². The number of alkyl halides is 3. The lowest BCUT2D eigenvalue weighted by atomic mass is 10.1. The van der Waals surface area contributed by atoms with Gasteiger partial charge in [-0.15, -0.1) is 6.42 Å². The quantitative estimate of drug-likeness (QED) is 0.0467. The molecule has 2 N–H and O–H groups in total. The molecule has 0 unspecified atom stereocenters. The summed E-state index contributed by atoms with van der Waals surface area (Å²) in [7, 11) is 1.47. The number of rotatable bonds is 23. The molecule has 6 aliphatic heterocycles. The number of imidazole rings is 2. The highest BCUT2D eigenvalue weighted by molar-refractivity contribution is 6.03. The second-order valence-corrected chi connectivity index (χ2v) is 22.6. The molecule has 7 aliphatic rings. The van der Waals surface area contributed by atoms with Crippen molar-refractivity contribution >= 4 is 52.5 Å². The van der Waals surface area contributed by atoms with E-state index in [9.17, 15) is 109 Å². The molecule has 0 spiro atoms. The Morgan fingerprint density at radius 3 is 1.30 bits per heavy atom. The zero-order valence-corrected chi connectivity index (χ0v) is 61.9. The summed E-state index contributed by atoms with van der Waals surface area (Å²) in [5.74, 6) is 1.25. The van der Waals surface area contributed by atoms with Crippen LogP contribution in [0.4, 0.5) is 24.8 Å². The molecule has 2 aromatic heterocycles. The summed E-state index contributed by atoms with van der Waals surface area (Å²) in [5.41, 5.74) is 11.9. The minimum absolute atomic E-state index is 0.0440. The molecule has 0 saturated heterocycles. The predicted molar refractivity (Wildman–Crippen MR) is 392 cm³/mol. The number of carbonyl (C=O) groups excluding carboxylic acids is 1. The van der Waals surface area contributed by atoms with Crippen LogP contribution < -0.4 is 5.73 Å². The van der Waals surface area contributed by atoms with Gasteiger partial charge in [0.15, 0.2) is 0 Å². The number of halogens is 3. The second-order valence-electron chi connectivity index (χ2n) is 22.6. The van der Waals surface area contributed by atoms with E-state index in [0.29, 0.717) is 130 Å². The lowest BCUT2D eigenvalue weighted by Gasteiger charge is -2.02. The summed E-state index contributed by atoms with van der Waals surface area (Å²) < 4.78 is 44.5. The molecule has 0 saturated carbocycles. The van der Waals surface area contributed by atoms with Gasteiger partial charge in [0.05, 0.1) is 44.3 Å². The maximum atomic E-state index is 12.1. The van der Waals surface area contributed by atoms with E-state index in [1.54, 1.807) is 35.3 Å². The van der Waals surface area contributed by atoms with Gasteiger partial charge < -0.3 is 105 Å². The molecule has 110 heavy (non-hydrogen) atoms. The number of aryl methyl sites for hydroxylation is 1. The number of nitro groups is 9. The van der Waals surface area contributed by atoms with Gasteiger partial charge in [-0.3, -0.25) is 14.9 Å². The third-order valence-corrected chi connectivity index (χ3v) is 15.7. The third kappa shape index (κ3) is 29.8. The van der Waals surface area contributed by atoms with Crippen LogP contribution in [0.1, 0.15) is 177 Å². The summed E-state index contributed by atoms with van der Waals surface area (Å²) in [6.45, 7) is 26.1. The molecule has 592 valence electrons. The van der Waals surface area contributed by atoms with Crippen molar-refractivity contribution in [2.24, 2.45) is 35.7 Å². The first-order valence-corrected chi connectivity index (χ1v) is 33.4. The van der Waals surface area contributed by atoms with Crippen LogP contribution in [0.2, 0.25) is 0 Å². The summed E-state index contributed by atoms with van der Waals surface area (Å²) in [5, 5.41) is 102. The van der Waals surface area contributed by atoms with Crippen molar-refractivity contribution in [2.45, 2.75) is 198 Å². The molecule has 45 heteroatoms. The van der Waals surface area contributed by atoms with Crippen LogP contribution in [0.5, 0.6) is 0 Å². The highest BCUT2D eigenvalue weighted by atomic mass is 19.4. The Balaban J connectivity index is 0.000000620. The maximum Gasteiger partial charge on any atom is 0.454 e. The average Bonchev–Trinajstić information content (AvgIpc) is 1.69. The van der Waals surface area contributed by atoms with Crippen molar-refractivity contribution in [3.8, 4) is 18.4 Å². The lowest BCUT2D eigenvalue weighted by molar-refractivity contribution is -0.427. The van der Waals surface area contributed by atoms with Crippen molar-refractivity contribution in [2.75, 3.05) is 13.7 Å². The van der Waals surface area contributed by atoms with Gasteiger partial charge in [0.1, 0.15) is 29.4 Å². The number of hydrogen-bond donors (Lipinski definition) is 1. The number of aliphatic imine (C=N–C) groups is 6. The minimum Gasteiger partial charge on any atom is -0.466 e. The van der Waals surface area contributed by atoms with Crippen molar-refractivity contribution in [3.05, 3.63) is 218 Å².